The zero-order valence-corrected chi connectivity index (χ0v) is 34.4. The van der Waals surface area contributed by atoms with Crippen LogP contribution in [0, 0.1) is 45.3 Å². The van der Waals surface area contributed by atoms with Crippen molar-refractivity contribution in [3.8, 4) is 0 Å². The number of ether oxygens (including phenoxy) is 4. The average Bonchev–Trinajstić information content (AvgIpc) is 3.53. The Kier molecular flexibility index (Phi) is 13.0. The smallest absolute Gasteiger partial charge is 0.187 e. The van der Waals surface area contributed by atoms with E-state index in [2.05, 4.69) is 47.6 Å². The summed E-state index contributed by atoms with van der Waals surface area (Å²) >= 11 is 0. The van der Waals surface area contributed by atoms with Crippen molar-refractivity contribution in [3.63, 3.8) is 0 Å². The Morgan fingerprint density at radius 1 is 0.732 bits per heavy atom. The second kappa shape index (κ2) is 16.2. The predicted molar refractivity (Wildman–Crippen MR) is 202 cm³/mol. The number of hydrogen-bond donors (Lipinski definition) is 10. The van der Waals surface area contributed by atoms with Gasteiger partial charge in [0.15, 0.2) is 12.6 Å². The van der Waals surface area contributed by atoms with Gasteiger partial charge in [-0.05, 0) is 118 Å². The van der Waals surface area contributed by atoms with Gasteiger partial charge in [0.05, 0.1) is 31.0 Å². The minimum Gasteiger partial charge on any atom is -0.396 e. The summed E-state index contributed by atoms with van der Waals surface area (Å²) in [5.41, 5.74) is -1.31. The Hall–Kier alpha value is -0.820. The van der Waals surface area contributed by atoms with E-state index in [1.807, 2.05) is 6.92 Å². The predicted octanol–water partition coefficient (Wildman–Crippen LogP) is 1.12. The first-order valence-corrected chi connectivity index (χ1v) is 21.0. The highest BCUT2D eigenvalue weighted by Crippen LogP contribution is 2.76. The molecule has 14 heteroatoms. The number of hydrogen-bond acceptors (Lipinski definition) is 14. The zero-order valence-electron chi connectivity index (χ0n) is 34.4. The fourth-order valence-corrected chi connectivity index (χ4v) is 13.3. The van der Waals surface area contributed by atoms with Crippen LogP contribution >= 0.6 is 0 Å². The molecule has 56 heavy (non-hydrogen) atoms. The highest BCUT2D eigenvalue weighted by Gasteiger charge is 2.72. The highest BCUT2D eigenvalue weighted by molar-refractivity contribution is 5.21. The first-order chi connectivity index (χ1) is 26.1. The molecule has 0 spiro atoms. The van der Waals surface area contributed by atoms with Gasteiger partial charge < -0.3 is 70.0 Å². The van der Waals surface area contributed by atoms with Crippen LogP contribution in [0.3, 0.4) is 0 Å². The number of aliphatic hydroxyl groups excluding tert-OH is 9. The minimum atomic E-state index is -1.78. The molecule has 14 nitrogen and oxygen atoms in total. The zero-order chi connectivity index (χ0) is 41.3. The second-order valence-corrected chi connectivity index (χ2v) is 20.0. The lowest BCUT2D eigenvalue weighted by Gasteiger charge is -2.71. The molecule has 6 aliphatic rings. The van der Waals surface area contributed by atoms with Crippen molar-refractivity contribution in [3.05, 3.63) is 11.6 Å². The molecule has 324 valence electrons. The van der Waals surface area contributed by atoms with Crippen LogP contribution in [0.2, 0.25) is 0 Å². The molecule has 0 unspecified atom stereocenters. The second-order valence-electron chi connectivity index (χ2n) is 20.0. The molecular formula is C42H72O14. The van der Waals surface area contributed by atoms with Gasteiger partial charge in [-0.1, -0.05) is 39.3 Å². The first kappa shape index (κ1) is 44.7. The standard InChI is InChI=1S/C42H72O14/c1-21(2)9-8-13-41(7,52)22-10-14-40(6)29(22)23(46)17-27-39(40,5)15-11-26-38(3,4)28(12-16-42(26,27)20-45)55-37-35(33(50)31(48)25(19-44)54-37)56-36-34(51)32(49)30(47)24(18-43)53-36/h9,22-37,43-52H,8,10-20H2,1-7H3/t22-,23+,24+,25+,26+,27-,28+,29-,30+,31+,32-,33-,34+,35+,36-,37-,39+,40+,41+,42-/m0/s1. The lowest BCUT2D eigenvalue weighted by molar-refractivity contribution is -0.379. The molecule has 4 saturated carbocycles. The van der Waals surface area contributed by atoms with Crippen LogP contribution in [-0.2, 0) is 18.9 Å². The van der Waals surface area contributed by atoms with E-state index in [0.29, 0.717) is 25.7 Å². The summed E-state index contributed by atoms with van der Waals surface area (Å²) in [6.07, 6.45) is -8.07. The van der Waals surface area contributed by atoms with E-state index >= 15 is 0 Å². The molecule has 0 bridgehead atoms. The van der Waals surface area contributed by atoms with Gasteiger partial charge in [0.2, 0.25) is 0 Å². The highest BCUT2D eigenvalue weighted by atomic mass is 16.8. The van der Waals surface area contributed by atoms with Gasteiger partial charge in [-0.25, -0.2) is 0 Å². The summed E-state index contributed by atoms with van der Waals surface area (Å²) in [4.78, 5) is 0. The summed E-state index contributed by atoms with van der Waals surface area (Å²) in [7, 11) is 0. The van der Waals surface area contributed by atoms with Crippen LogP contribution in [0.4, 0.5) is 0 Å². The molecule has 10 N–H and O–H groups in total. The van der Waals surface area contributed by atoms with Crippen molar-refractivity contribution >= 4 is 0 Å². The van der Waals surface area contributed by atoms with Crippen LogP contribution in [-0.4, -0.2) is 150 Å². The van der Waals surface area contributed by atoms with Crippen molar-refractivity contribution in [2.45, 2.75) is 185 Å². The van der Waals surface area contributed by atoms with E-state index in [4.69, 9.17) is 18.9 Å². The molecule has 6 rings (SSSR count). The molecule has 0 aromatic heterocycles. The Morgan fingerprint density at radius 2 is 1.34 bits per heavy atom. The Bertz CT molecular complexity index is 1390. The molecule has 0 radical (unpaired) electrons. The summed E-state index contributed by atoms with van der Waals surface area (Å²) in [5, 5.41) is 109. The van der Waals surface area contributed by atoms with E-state index < -0.39 is 103 Å². The Labute approximate surface area is 331 Å². The maximum Gasteiger partial charge on any atom is 0.187 e. The fourth-order valence-electron chi connectivity index (χ4n) is 13.3. The van der Waals surface area contributed by atoms with E-state index in [-0.39, 0.29) is 41.1 Å². The number of allylic oxidation sites excluding steroid dienone is 2. The minimum absolute atomic E-state index is 0.00599. The van der Waals surface area contributed by atoms with Crippen LogP contribution in [0.15, 0.2) is 11.6 Å². The van der Waals surface area contributed by atoms with Gasteiger partial charge in [-0.2, -0.15) is 0 Å². The molecule has 0 amide bonds. The van der Waals surface area contributed by atoms with E-state index in [0.717, 1.165) is 32.1 Å². The van der Waals surface area contributed by atoms with Crippen LogP contribution in [0.1, 0.15) is 106 Å². The lowest BCUT2D eigenvalue weighted by Crippen LogP contribution is -2.69. The third-order valence-corrected chi connectivity index (χ3v) is 16.6. The van der Waals surface area contributed by atoms with Gasteiger partial charge in [-0.3, -0.25) is 0 Å². The first-order valence-electron chi connectivity index (χ1n) is 21.0. The van der Waals surface area contributed by atoms with Gasteiger partial charge in [0.25, 0.3) is 0 Å². The van der Waals surface area contributed by atoms with Crippen LogP contribution in [0.5, 0.6) is 0 Å². The van der Waals surface area contributed by atoms with Crippen LogP contribution < -0.4 is 0 Å². The van der Waals surface area contributed by atoms with Gasteiger partial charge >= 0.3 is 0 Å². The number of aliphatic hydroxyl groups is 10. The molecular weight excluding hydrogens is 728 g/mol. The maximum absolute atomic E-state index is 12.2. The Morgan fingerprint density at radius 3 is 1.95 bits per heavy atom. The maximum atomic E-state index is 12.2. The van der Waals surface area contributed by atoms with Crippen molar-refractivity contribution in [2.75, 3.05) is 19.8 Å². The third kappa shape index (κ3) is 7.16. The normalized spacial score (nSPS) is 51.3. The molecule has 6 fully saturated rings. The third-order valence-electron chi connectivity index (χ3n) is 16.6. The van der Waals surface area contributed by atoms with E-state index in [1.165, 1.54) is 5.57 Å². The summed E-state index contributed by atoms with van der Waals surface area (Å²) in [6, 6.07) is 0. The monoisotopic (exact) mass is 800 g/mol. The van der Waals surface area contributed by atoms with Crippen LogP contribution in [0.25, 0.3) is 0 Å². The van der Waals surface area contributed by atoms with E-state index in [9.17, 15) is 51.1 Å². The summed E-state index contributed by atoms with van der Waals surface area (Å²) in [5.74, 6) is -0.171. The molecule has 0 aromatic carbocycles. The molecule has 20 atom stereocenters. The van der Waals surface area contributed by atoms with E-state index in [1.54, 1.807) is 0 Å². The SMILES string of the molecule is CC(C)=CCC[C@@](C)(O)[C@H]1CC[C@]2(C)[C@@H]1[C@H](O)C[C@@H]1[C@]3(CO)CC[C@@H](O[C@@H]4O[C@H](CO)[C@@H](O)[C@H](O)[C@H]4O[C@@H]4O[C@H](CO)[C@@H](O)[C@H](O)[C@H]4O)C(C)(C)[C@H]3CC[C@]12C. The average molecular weight is 801 g/mol. The summed E-state index contributed by atoms with van der Waals surface area (Å²) < 4.78 is 24.3. The van der Waals surface area contributed by atoms with Crippen molar-refractivity contribution in [1.82, 2.24) is 0 Å². The Balaban J connectivity index is 1.25. The van der Waals surface area contributed by atoms with Crippen molar-refractivity contribution < 1.29 is 70.0 Å². The molecule has 4 aliphatic carbocycles. The molecule has 0 aromatic rings. The fraction of sp³-hybridized carbons (Fsp3) is 0.952. The molecule has 2 aliphatic heterocycles. The topological polar surface area (TPSA) is 239 Å². The van der Waals surface area contributed by atoms with Gasteiger partial charge in [0.1, 0.15) is 48.8 Å². The van der Waals surface area contributed by atoms with Crippen molar-refractivity contribution in [1.29, 1.82) is 0 Å². The lowest BCUT2D eigenvalue weighted by atomic mass is 9.34. The van der Waals surface area contributed by atoms with Crippen molar-refractivity contribution in [2.24, 2.45) is 45.3 Å². The van der Waals surface area contributed by atoms with Gasteiger partial charge in [-0.15, -0.1) is 0 Å². The largest absolute Gasteiger partial charge is 0.396 e. The number of rotatable bonds is 11. The number of fused-ring (bicyclic) bond motifs is 5. The summed E-state index contributed by atoms with van der Waals surface area (Å²) in [6.45, 7) is 13.5. The quantitative estimate of drug-likeness (QED) is 0.104. The van der Waals surface area contributed by atoms with Gasteiger partial charge in [0, 0.05) is 12.0 Å². The molecule has 2 heterocycles. The molecule has 2 saturated heterocycles.